The van der Waals surface area contributed by atoms with Gasteiger partial charge in [0.05, 0.1) is 6.10 Å². The number of fused-ring (bicyclic) bond motifs is 5. The van der Waals surface area contributed by atoms with Crippen LogP contribution in [0, 0.1) is 45.8 Å². The largest absolute Gasteiger partial charge is 0.417 e. The van der Waals surface area contributed by atoms with E-state index >= 15 is 0 Å². The van der Waals surface area contributed by atoms with E-state index in [9.17, 15) is 23.4 Å². The Morgan fingerprint density at radius 1 is 0.833 bits per heavy atom. The van der Waals surface area contributed by atoms with Gasteiger partial charge in [0.2, 0.25) is 0 Å². The fourth-order valence-electron chi connectivity index (χ4n) is 9.13. The van der Waals surface area contributed by atoms with Crippen molar-refractivity contribution in [2.24, 2.45) is 45.8 Å². The summed E-state index contributed by atoms with van der Waals surface area (Å²) >= 11 is 0. The van der Waals surface area contributed by atoms with Crippen molar-refractivity contribution in [2.75, 3.05) is 0 Å². The summed E-state index contributed by atoms with van der Waals surface area (Å²) in [6.45, 7) is 11.1. The fraction of sp³-hybridized carbons (Fsp3) is 1.00. The molecular weight excluding hydrogens is 389 g/mol. The zero-order chi connectivity index (χ0) is 22.3. The summed E-state index contributed by atoms with van der Waals surface area (Å²) in [5.41, 5.74) is -2.38. The highest BCUT2D eigenvalue weighted by atomic mass is 19.4. The Bertz CT molecular complexity index is 678. The zero-order valence-electron chi connectivity index (χ0n) is 19.4. The van der Waals surface area contributed by atoms with Gasteiger partial charge in [-0.15, -0.1) is 0 Å². The van der Waals surface area contributed by atoms with E-state index in [1.54, 1.807) is 0 Å². The molecule has 0 radical (unpaired) electrons. The Hall–Kier alpha value is -0.290. The Morgan fingerprint density at radius 2 is 1.43 bits per heavy atom. The molecule has 4 rings (SSSR count). The number of halogens is 3. The second-order valence-electron chi connectivity index (χ2n) is 12.3. The summed E-state index contributed by atoms with van der Waals surface area (Å²) in [7, 11) is 0. The Morgan fingerprint density at radius 3 is 2.03 bits per heavy atom. The Labute approximate surface area is 180 Å². The van der Waals surface area contributed by atoms with Crippen molar-refractivity contribution in [3.05, 3.63) is 0 Å². The average molecular weight is 431 g/mol. The molecule has 0 unspecified atom stereocenters. The molecule has 0 bridgehead atoms. The van der Waals surface area contributed by atoms with Crippen LogP contribution >= 0.6 is 0 Å². The van der Waals surface area contributed by atoms with Crippen LogP contribution in [0.1, 0.15) is 92.4 Å². The van der Waals surface area contributed by atoms with Gasteiger partial charge < -0.3 is 10.2 Å². The van der Waals surface area contributed by atoms with E-state index in [4.69, 9.17) is 0 Å². The molecule has 4 fully saturated rings. The molecule has 2 nitrogen and oxygen atoms in total. The highest BCUT2D eigenvalue weighted by Gasteiger charge is 2.69. The van der Waals surface area contributed by atoms with Crippen LogP contribution in [-0.4, -0.2) is 28.1 Å². The fourth-order valence-corrected chi connectivity index (χ4v) is 9.13. The third-order valence-electron chi connectivity index (χ3n) is 11.6. The quantitative estimate of drug-likeness (QED) is 0.536. The van der Waals surface area contributed by atoms with Gasteiger partial charge in [0, 0.05) is 0 Å². The number of aliphatic hydroxyl groups is 2. The molecule has 0 spiro atoms. The highest BCUT2D eigenvalue weighted by Crippen LogP contribution is 2.74. The number of alkyl halides is 3. The van der Waals surface area contributed by atoms with E-state index in [0.717, 1.165) is 32.1 Å². The molecule has 0 aromatic heterocycles. The summed E-state index contributed by atoms with van der Waals surface area (Å²) in [4.78, 5) is 0. The maximum absolute atomic E-state index is 13.6. The van der Waals surface area contributed by atoms with Gasteiger partial charge in [0.15, 0.2) is 5.60 Å². The smallest absolute Gasteiger partial charge is 0.393 e. The van der Waals surface area contributed by atoms with Crippen molar-refractivity contribution in [3.63, 3.8) is 0 Å². The van der Waals surface area contributed by atoms with Gasteiger partial charge in [0.25, 0.3) is 0 Å². The van der Waals surface area contributed by atoms with Crippen LogP contribution in [-0.2, 0) is 0 Å². The number of hydrogen-bond donors (Lipinski definition) is 2. The van der Waals surface area contributed by atoms with Crippen molar-refractivity contribution in [3.8, 4) is 0 Å². The molecule has 30 heavy (non-hydrogen) atoms. The zero-order valence-corrected chi connectivity index (χ0v) is 19.4. The molecule has 0 aliphatic heterocycles. The lowest BCUT2D eigenvalue weighted by Gasteiger charge is -2.67. The molecule has 174 valence electrons. The van der Waals surface area contributed by atoms with Crippen molar-refractivity contribution in [1.29, 1.82) is 0 Å². The van der Waals surface area contributed by atoms with Crippen LogP contribution in [0.4, 0.5) is 13.2 Å². The summed E-state index contributed by atoms with van der Waals surface area (Å²) in [5.74, 6) is 1.90. The summed E-state index contributed by atoms with van der Waals surface area (Å²) in [6, 6.07) is 0. The predicted octanol–water partition coefficient (Wildman–Crippen LogP) is 6.35. The summed E-state index contributed by atoms with van der Waals surface area (Å²) < 4.78 is 40.7. The van der Waals surface area contributed by atoms with E-state index in [1.807, 2.05) is 6.92 Å². The summed E-state index contributed by atoms with van der Waals surface area (Å²) in [6.07, 6.45) is 1.66. The first kappa shape index (κ1) is 22.9. The predicted molar refractivity (Wildman–Crippen MR) is 112 cm³/mol. The van der Waals surface area contributed by atoms with E-state index < -0.39 is 11.8 Å². The van der Waals surface area contributed by atoms with Gasteiger partial charge in [-0.2, -0.15) is 13.2 Å². The molecule has 4 saturated carbocycles. The molecule has 0 saturated heterocycles. The van der Waals surface area contributed by atoms with Crippen LogP contribution < -0.4 is 0 Å². The second kappa shape index (κ2) is 6.85. The van der Waals surface area contributed by atoms with Gasteiger partial charge >= 0.3 is 6.18 Å². The minimum Gasteiger partial charge on any atom is -0.393 e. The van der Waals surface area contributed by atoms with E-state index in [2.05, 4.69) is 27.7 Å². The van der Waals surface area contributed by atoms with Crippen LogP contribution in [0.2, 0.25) is 0 Å². The first-order chi connectivity index (χ1) is 13.7. The lowest BCUT2D eigenvalue weighted by atomic mass is 9.37. The van der Waals surface area contributed by atoms with Crippen LogP contribution in [0.15, 0.2) is 0 Å². The van der Waals surface area contributed by atoms with Crippen molar-refractivity contribution < 1.29 is 23.4 Å². The van der Waals surface area contributed by atoms with Crippen molar-refractivity contribution >= 4 is 0 Å². The van der Waals surface area contributed by atoms with Gasteiger partial charge in [-0.3, -0.25) is 0 Å². The average Bonchev–Trinajstić information content (AvgIpc) is 2.99. The van der Waals surface area contributed by atoms with Crippen LogP contribution in [0.5, 0.6) is 0 Å². The SMILES string of the molecule is C[C@@H]([C@H]1CC[C@H]2[C@@H]3CC[C@H]4C[C@](O)(C(F)(F)F)CC[C@]4(C)[C@@]3(C)CC[C@]12C)[C@@H](C)O. The minimum atomic E-state index is -4.53. The van der Waals surface area contributed by atoms with Gasteiger partial charge in [-0.1, -0.05) is 27.7 Å². The normalized spacial score (nSPS) is 53.4. The van der Waals surface area contributed by atoms with Gasteiger partial charge in [0.1, 0.15) is 0 Å². The highest BCUT2D eigenvalue weighted by molar-refractivity contribution is 5.16. The number of hydrogen-bond acceptors (Lipinski definition) is 2. The third-order valence-corrected chi connectivity index (χ3v) is 11.6. The summed E-state index contributed by atoms with van der Waals surface area (Å²) in [5, 5.41) is 20.7. The Kier molecular flexibility index (Phi) is 5.23. The molecule has 4 aliphatic rings. The third kappa shape index (κ3) is 2.89. The van der Waals surface area contributed by atoms with Gasteiger partial charge in [-0.05, 0) is 111 Å². The second-order valence-corrected chi connectivity index (χ2v) is 12.3. The lowest BCUT2D eigenvalue weighted by Crippen LogP contribution is -2.63. The van der Waals surface area contributed by atoms with E-state index in [0.29, 0.717) is 24.2 Å². The van der Waals surface area contributed by atoms with E-state index in [1.165, 1.54) is 6.42 Å². The molecule has 4 aliphatic carbocycles. The number of rotatable bonds is 2. The molecule has 0 aromatic carbocycles. The standard InChI is InChI=1S/C25H41F3O2/c1-15(16(2)29)18-8-9-19-20-7-6-17-14-24(30,25(26,27)28)13-12-22(17,4)23(20,5)11-10-21(18,19)3/h15-20,29-30H,6-14H2,1-5H3/t15-,16-,17+,18-,19+,20+,21-,22+,23+,24+/m1/s1. The molecule has 0 heterocycles. The molecule has 10 atom stereocenters. The van der Waals surface area contributed by atoms with Crippen LogP contribution in [0.25, 0.3) is 0 Å². The van der Waals surface area contributed by atoms with Crippen LogP contribution in [0.3, 0.4) is 0 Å². The molecule has 0 amide bonds. The van der Waals surface area contributed by atoms with Gasteiger partial charge in [-0.25, -0.2) is 0 Å². The van der Waals surface area contributed by atoms with E-state index in [-0.39, 0.29) is 47.0 Å². The molecule has 5 heteroatoms. The Balaban J connectivity index is 1.62. The molecular formula is C25H41F3O2. The minimum absolute atomic E-state index is 0.0377. The topological polar surface area (TPSA) is 40.5 Å². The maximum Gasteiger partial charge on any atom is 0.417 e. The maximum atomic E-state index is 13.6. The lowest BCUT2D eigenvalue weighted by molar-refractivity contribution is -0.297. The monoisotopic (exact) mass is 430 g/mol. The number of aliphatic hydroxyl groups excluding tert-OH is 1. The molecule has 0 aromatic rings. The first-order valence-electron chi connectivity index (χ1n) is 12.2. The molecule has 2 N–H and O–H groups in total. The first-order valence-corrected chi connectivity index (χ1v) is 12.2. The van der Waals surface area contributed by atoms with Crippen molar-refractivity contribution in [2.45, 2.75) is 110 Å². The van der Waals surface area contributed by atoms with Crippen molar-refractivity contribution in [1.82, 2.24) is 0 Å².